The first-order chi connectivity index (χ1) is 7.72. The molecule has 0 aliphatic carbocycles. The Kier molecular flexibility index (Phi) is 3.49. The van der Waals surface area contributed by atoms with Crippen LogP contribution < -0.4 is 5.32 Å². The lowest BCUT2D eigenvalue weighted by atomic mass is 9.88. The van der Waals surface area contributed by atoms with Crippen LogP contribution in [0.25, 0.3) is 0 Å². The van der Waals surface area contributed by atoms with Crippen LogP contribution in [0.15, 0.2) is 18.3 Å². The molecule has 0 amide bonds. The van der Waals surface area contributed by atoms with Gasteiger partial charge in [0.25, 0.3) is 0 Å². The van der Waals surface area contributed by atoms with Crippen LogP contribution in [0.4, 0.5) is 8.78 Å². The van der Waals surface area contributed by atoms with E-state index in [9.17, 15) is 8.78 Å². The predicted octanol–water partition coefficient (Wildman–Crippen LogP) is 2.19. The SMILES string of the molecule is FCc1ccc(CC2(F)CCNCC2)cn1. The number of alkyl halides is 2. The van der Waals surface area contributed by atoms with Crippen molar-refractivity contribution in [2.24, 2.45) is 0 Å². The van der Waals surface area contributed by atoms with Crippen LogP contribution >= 0.6 is 0 Å². The molecule has 1 fully saturated rings. The third-order valence-corrected chi connectivity index (χ3v) is 3.04. The van der Waals surface area contributed by atoms with Crippen LogP contribution in [0.1, 0.15) is 24.1 Å². The van der Waals surface area contributed by atoms with Gasteiger partial charge >= 0.3 is 0 Å². The predicted molar refractivity (Wildman–Crippen MR) is 58.7 cm³/mol. The topological polar surface area (TPSA) is 24.9 Å². The molecule has 0 spiro atoms. The molecular weight excluding hydrogens is 210 g/mol. The van der Waals surface area contributed by atoms with Gasteiger partial charge < -0.3 is 5.32 Å². The third kappa shape index (κ3) is 2.76. The molecule has 1 aromatic heterocycles. The fourth-order valence-corrected chi connectivity index (χ4v) is 2.06. The number of nitrogens with zero attached hydrogens (tertiary/aromatic N) is 1. The van der Waals surface area contributed by atoms with Gasteiger partial charge in [0.2, 0.25) is 0 Å². The first-order valence-corrected chi connectivity index (χ1v) is 5.61. The molecule has 0 atom stereocenters. The summed E-state index contributed by atoms with van der Waals surface area (Å²) >= 11 is 0. The number of aromatic nitrogens is 1. The van der Waals surface area contributed by atoms with E-state index in [-0.39, 0.29) is 0 Å². The Balaban J connectivity index is 2.01. The second kappa shape index (κ2) is 4.87. The average Bonchev–Trinajstić information content (AvgIpc) is 2.30. The summed E-state index contributed by atoms with van der Waals surface area (Å²) in [5.41, 5.74) is 0.132. The highest BCUT2D eigenvalue weighted by molar-refractivity contribution is 5.16. The highest BCUT2D eigenvalue weighted by Gasteiger charge is 2.31. The fourth-order valence-electron chi connectivity index (χ4n) is 2.06. The first-order valence-electron chi connectivity index (χ1n) is 5.61. The highest BCUT2D eigenvalue weighted by atomic mass is 19.1. The van der Waals surface area contributed by atoms with E-state index in [0.717, 1.165) is 18.7 Å². The van der Waals surface area contributed by atoms with Gasteiger partial charge in [0.1, 0.15) is 12.3 Å². The lowest BCUT2D eigenvalue weighted by molar-refractivity contribution is 0.116. The van der Waals surface area contributed by atoms with Gasteiger partial charge in [-0.25, -0.2) is 8.78 Å². The molecule has 0 bridgehead atoms. The van der Waals surface area contributed by atoms with Crippen molar-refractivity contribution in [2.45, 2.75) is 31.6 Å². The zero-order chi connectivity index (χ0) is 11.4. The lowest BCUT2D eigenvalue weighted by Gasteiger charge is -2.30. The zero-order valence-electron chi connectivity index (χ0n) is 9.18. The van der Waals surface area contributed by atoms with E-state index in [1.165, 1.54) is 0 Å². The standard InChI is InChI=1S/C12H16F2N2/c13-8-11-2-1-10(9-16-11)7-12(14)3-5-15-6-4-12/h1-2,9,15H,3-8H2. The van der Waals surface area contributed by atoms with Gasteiger partial charge in [0, 0.05) is 12.6 Å². The Morgan fingerprint density at radius 3 is 2.62 bits per heavy atom. The van der Waals surface area contributed by atoms with Crippen molar-refractivity contribution in [1.29, 1.82) is 0 Å². The summed E-state index contributed by atoms with van der Waals surface area (Å²) in [5, 5.41) is 3.14. The molecule has 2 heterocycles. The monoisotopic (exact) mass is 226 g/mol. The maximum atomic E-state index is 14.3. The van der Waals surface area contributed by atoms with Crippen molar-refractivity contribution < 1.29 is 8.78 Å². The van der Waals surface area contributed by atoms with Gasteiger partial charge in [-0.15, -0.1) is 0 Å². The molecule has 1 N–H and O–H groups in total. The summed E-state index contributed by atoms with van der Waals surface area (Å²) in [5.74, 6) is 0. The molecule has 0 radical (unpaired) electrons. The number of hydrogen-bond donors (Lipinski definition) is 1. The second-order valence-corrected chi connectivity index (χ2v) is 4.37. The van der Waals surface area contributed by atoms with E-state index in [1.807, 2.05) is 0 Å². The molecule has 4 heteroatoms. The first kappa shape index (κ1) is 11.5. The molecule has 16 heavy (non-hydrogen) atoms. The molecule has 0 unspecified atom stereocenters. The van der Waals surface area contributed by atoms with Crippen LogP contribution in [0.3, 0.4) is 0 Å². The van der Waals surface area contributed by atoms with Gasteiger partial charge in [0.05, 0.1) is 5.69 Å². The Hall–Kier alpha value is -1.03. The number of halogens is 2. The van der Waals surface area contributed by atoms with Gasteiger partial charge in [-0.2, -0.15) is 0 Å². The molecule has 0 saturated carbocycles. The van der Waals surface area contributed by atoms with Crippen molar-refractivity contribution >= 4 is 0 Å². The minimum atomic E-state index is -1.12. The third-order valence-electron chi connectivity index (χ3n) is 3.04. The minimum absolute atomic E-state index is 0.383. The normalized spacial score (nSPS) is 19.6. The largest absolute Gasteiger partial charge is 0.316 e. The molecule has 1 aliphatic heterocycles. The number of nitrogens with one attached hydrogen (secondary N) is 1. The summed E-state index contributed by atoms with van der Waals surface area (Å²) in [6.07, 6.45) is 3.04. The number of piperidine rings is 1. The van der Waals surface area contributed by atoms with Crippen molar-refractivity contribution in [2.75, 3.05) is 13.1 Å². The van der Waals surface area contributed by atoms with Crippen LogP contribution in [-0.4, -0.2) is 23.7 Å². The zero-order valence-corrected chi connectivity index (χ0v) is 9.18. The average molecular weight is 226 g/mol. The Bertz CT molecular complexity index is 331. The molecule has 2 nitrogen and oxygen atoms in total. The van der Waals surface area contributed by atoms with E-state index in [1.54, 1.807) is 18.3 Å². The Morgan fingerprint density at radius 2 is 2.06 bits per heavy atom. The minimum Gasteiger partial charge on any atom is -0.316 e. The Morgan fingerprint density at radius 1 is 1.31 bits per heavy atom. The molecule has 1 aromatic rings. The lowest BCUT2D eigenvalue weighted by Crippen LogP contribution is -2.40. The number of hydrogen-bond acceptors (Lipinski definition) is 2. The van der Waals surface area contributed by atoms with Gasteiger partial charge in [-0.05, 0) is 37.6 Å². The molecule has 1 saturated heterocycles. The molecule has 1 aliphatic rings. The number of pyridine rings is 1. The van der Waals surface area contributed by atoms with Crippen molar-refractivity contribution in [3.63, 3.8) is 0 Å². The maximum Gasteiger partial charge on any atom is 0.131 e. The van der Waals surface area contributed by atoms with E-state index < -0.39 is 12.3 Å². The van der Waals surface area contributed by atoms with E-state index in [0.29, 0.717) is 25.0 Å². The molecule has 0 aromatic carbocycles. The second-order valence-electron chi connectivity index (χ2n) is 4.37. The molecule has 2 rings (SSSR count). The van der Waals surface area contributed by atoms with Gasteiger partial charge in [0.15, 0.2) is 0 Å². The maximum absolute atomic E-state index is 14.3. The van der Waals surface area contributed by atoms with Crippen molar-refractivity contribution in [3.8, 4) is 0 Å². The summed E-state index contributed by atoms with van der Waals surface area (Å²) in [4.78, 5) is 3.94. The summed E-state index contributed by atoms with van der Waals surface area (Å²) in [7, 11) is 0. The van der Waals surface area contributed by atoms with Crippen LogP contribution in [0, 0.1) is 0 Å². The van der Waals surface area contributed by atoms with E-state index in [2.05, 4.69) is 10.3 Å². The summed E-state index contributed by atoms with van der Waals surface area (Å²) < 4.78 is 26.5. The van der Waals surface area contributed by atoms with Crippen LogP contribution in [0.2, 0.25) is 0 Å². The Labute approximate surface area is 94.1 Å². The summed E-state index contributed by atoms with van der Waals surface area (Å²) in [6, 6.07) is 3.39. The number of rotatable bonds is 3. The van der Waals surface area contributed by atoms with Crippen LogP contribution in [-0.2, 0) is 13.1 Å². The van der Waals surface area contributed by atoms with Gasteiger partial charge in [-0.3, -0.25) is 4.98 Å². The van der Waals surface area contributed by atoms with E-state index >= 15 is 0 Å². The van der Waals surface area contributed by atoms with Crippen LogP contribution in [0.5, 0.6) is 0 Å². The van der Waals surface area contributed by atoms with Crippen molar-refractivity contribution in [1.82, 2.24) is 10.3 Å². The quantitative estimate of drug-likeness (QED) is 0.854. The van der Waals surface area contributed by atoms with Crippen molar-refractivity contribution in [3.05, 3.63) is 29.6 Å². The van der Waals surface area contributed by atoms with E-state index in [4.69, 9.17) is 0 Å². The molecule has 88 valence electrons. The molecular formula is C12H16F2N2. The fraction of sp³-hybridized carbons (Fsp3) is 0.583. The summed E-state index contributed by atoms with van der Waals surface area (Å²) in [6.45, 7) is 0.893. The highest BCUT2D eigenvalue weighted by Crippen LogP contribution is 2.27. The van der Waals surface area contributed by atoms with Gasteiger partial charge in [-0.1, -0.05) is 6.07 Å². The smallest absolute Gasteiger partial charge is 0.131 e.